The molecule has 0 aliphatic carbocycles. The highest BCUT2D eigenvalue weighted by Gasteiger charge is 2.48. The second-order valence-corrected chi connectivity index (χ2v) is 9.30. The second kappa shape index (κ2) is 9.00. The van der Waals surface area contributed by atoms with Crippen LogP contribution in [0.5, 0.6) is 5.75 Å². The van der Waals surface area contributed by atoms with Crippen LogP contribution in [0.25, 0.3) is 16.8 Å². The molecule has 3 aromatic carbocycles. The topological polar surface area (TPSA) is 95.5 Å². The number of hydrogen-bond donors (Lipinski definition) is 2. The maximum absolute atomic E-state index is 13.4. The van der Waals surface area contributed by atoms with Gasteiger partial charge >= 0.3 is 5.91 Å². The summed E-state index contributed by atoms with van der Waals surface area (Å²) in [7, 11) is 0. The predicted octanol–water partition coefficient (Wildman–Crippen LogP) is 5.59. The van der Waals surface area contributed by atoms with Gasteiger partial charge in [-0.05, 0) is 69.2 Å². The van der Waals surface area contributed by atoms with E-state index >= 15 is 0 Å². The molecule has 1 atom stereocenters. The number of imidazole rings is 1. The van der Waals surface area contributed by atoms with E-state index in [1.807, 2.05) is 70.2 Å². The lowest BCUT2D eigenvalue weighted by molar-refractivity contribution is -0.132. The van der Waals surface area contributed by atoms with E-state index in [-0.39, 0.29) is 23.4 Å². The highest BCUT2D eigenvalue weighted by atomic mass is 16.5. The Kier molecular flexibility index (Phi) is 5.84. The number of nitrogens with one attached hydrogen (secondary N) is 1. The number of aromatic nitrogens is 2. The van der Waals surface area contributed by atoms with Crippen LogP contribution in [0.4, 0.5) is 5.95 Å². The number of aryl methyl sites for hydroxylation is 2. The summed E-state index contributed by atoms with van der Waals surface area (Å²) in [6.45, 7) is 7.65. The fraction of sp³-hybridized carbons (Fsp3) is 0.207. The molecule has 1 aliphatic heterocycles. The number of nitrogens with zero attached hydrogens (tertiary/aromatic N) is 2. The van der Waals surface area contributed by atoms with Crippen molar-refractivity contribution in [1.82, 2.24) is 9.97 Å². The second-order valence-electron chi connectivity index (χ2n) is 9.30. The molecule has 0 bridgehead atoms. The van der Waals surface area contributed by atoms with E-state index < -0.39 is 17.7 Å². The SMILES string of the molecule is Cc1ccc(C)c(/C(O)=C2\C(=O)C(=O)N(c3nc4ccccc4[nH]3)C2c2ccc(OC(C)C)cc2)c1. The van der Waals surface area contributed by atoms with Crippen LogP contribution in [0.1, 0.15) is 42.1 Å². The van der Waals surface area contributed by atoms with Gasteiger partial charge in [0, 0.05) is 5.56 Å². The monoisotopic (exact) mass is 481 g/mol. The lowest BCUT2D eigenvalue weighted by Crippen LogP contribution is -2.30. The molecular weight excluding hydrogens is 454 g/mol. The molecule has 36 heavy (non-hydrogen) atoms. The number of carbonyl (C=O) groups excluding carboxylic acids is 2. The lowest BCUT2D eigenvalue weighted by atomic mass is 9.93. The number of carbonyl (C=O) groups is 2. The van der Waals surface area contributed by atoms with E-state index in [4.69, 9.17) is 4.74 Å². The number of Topliss-reactive ketones (excluding diaryl/α,β-unsaturated/α-hetero) is 1. The number of aromatic amines is 1. The normalized spacial score (nSPS) is 17.4. The van der Waals surface area contributed by atoms with Gasteiger partial charge in [-0.3, -0.25) is 14.5 Å². The summed E-state index contributed by atoms with van der Waals surface area (Å²) in [5.74, 6) is -0.815. The highest BCUT2D eigenvalue weighted by Crippen LogP contribution is 2.42. The largest absolute Gasteiger partial charge is 0.507 e. The van der Waals surface area contributed by atoms with Gasteiger partial charge in [-0.25, -0.2) is 4.98 Å². The third kappa shape index (κ3) is 4.02. The molecule has 1 fully saturated rings. The van der Waals surface area contributed by atoms with Crippen molar-refractivity contribution < 1.29 is 19.4 Å². The van der Waals surface area contributed by atoms with Crippen molar-refractivity contribution in [3.05, 3.63) is 94.6 Å². The maximum Gasteiger partial charge on any atom is 0.302 e. The first-order valence-electron chi connectivity index (χ1n) is 11.8. The summed E-state index contributed by atoms with van der Waals surface area (Å²) in [4.78, 5) is 35.9. The molecule has 182 valence electrons. The molecule has 4 aromatic rings. The van der Waals surface area contributed by atoms with Crippen LogP contribution in [0.15, 0.2) is 72.3 Å². The molecule has 1 amide bonds. The molecule has 1 unspecified atom stereocenters. The van der Waals surface area contributed by atoms with Crippen molar-refractivity contribution in [3.63, 3.8) is 0 Å². The molecule has 5 rings (SSSR count). The molecule has 0 radical (unpaired) electrons. The van der Waals surface area contributed by atoms with Crippen molar-refractivity contribution in [3.8, 4) is 5.75 Å². The molecule has 7 heteroatoms. The maximum atomic E-state index is 13.4. The lowest BCUT2D eigenvalue weighted by Gasteiger charge is -2.23. The predicted molar refractivity (Wildman–Crippen MR) is 139 cm³/mol. The van der Waals surface area contributed by atoms with Gasteiger partial charge in [0.05, 0.1) is 28.8 Å². The molecule has 2 heterocycles. The summed E-state index contributed by atoms with van der Waals surface area (Å²) in [6.07, 6.45) is 0.00123. The number of rotatable bonds is 5. The minimum atomic E-state index is -0.876. The molecule has 0 spiro atoms. The summed E-state index contributed by atoms with van der Waals surface area (Å²) >= 11 is 0. The third-order valence-corrected chi connectivity index (χ3v) is 6.27. The molecule has 2 N–H and O–H groups in total. The first-order chi connectivity index (χ1) is 17.2. The van der Waals surface area contributed by atoms with E-state index in [0.717, 1.165) is 16.6 Å². The number of H-pyrrole nitrogens is 1. The fourth-order valence-corrected chi connectivity index (χ4v) is 4.56. The molecule has 7 nitrogen and oxygen atoms in total. The molecular formula is C29H27N3O4. The smallest absolute Gasteiger partial charge is 0.302 e. The van der Waals surface area contributed by atoms with Gasteiger partial charge in [0.2, 0.25) is 5.95 Å². The Morgan fingerprint density at radius 3 is 2.44 bits per heavy atom. The molecule has 0 saturated carbocycles. The Labute approximate surface area is 209 Å². The van der Waals surface area contributed by atoms with Gasteiger partial charge in [0.15, 0.2) is 0 Å². The quantitative estimate of drug-likeness (QED) is 0.220. The number of aliphatic hydroxyl groups excluding tert-OH is 1. The van der Waals surface area contributed by atoms with Crippen LogP contribution in [0, 0.1) is 13.8 Å². The zero-order chi connectivity index (χ0) is 25.6. The highest BCUT2D eigenvalue weighted by molar-refractivity contribution is 6.51. The summed E-state index contributed by atoms with van der Waals surface area (Å²) in [5, 5.41) is 11.4. The van der Waals surface area contributed by atoms with Crippen molar-refractivity contribution in [1.29, 1.82) is 0 Å². The van der Waals surface area contributed by atoms with Gasteiger partial charge in [-0.1, -0.05) is 42.0 Å². The summed E-state index contributed by atoms with van der Waals surface area (Å²) in [5.41, 5.74) is 4.33. The molecule has 1 aromatic heterocycles. The Balaban J connectivity index is 1.71. The zero-order valence-electron chi connectivity index (χ0n) is 20.6. The Hall–Kier alpha value is -4.39. The Morgan fingerprint density at radius 1 is 1.03 bits per heavy atom. The van der Waals surface area contributed by atoms with Crippen molar-refractivity contribution in [2.24, 2.45) is 0 Å². The summed E-state index contributed by atoms with van der Waals surface area (Å²) < 4.78 is 5.77. The Bertz CT molecular complexity index is 1480. The zero-order valence-corrected chi connectivity index (χ0v) is 20.6. The number of hydrogen-bond acceptors (Lipinski definition) is 5. The fourth-order valence-electron chi connectivity index (χ4n) is 4.56. The van der Waals surface area contributed by atoms with E-state index in [1.165, 1.54) is 4.90 Å². The number of amides is 1. The van der Waals surface area contributed by atoms with Crippen LogP contribution in [0.2, 0.25) is 0 Å². The van der Waals surface area contributed by atoms with Crippen molar-refractivity contribution >= 4 is 34.4 Å². The third-order valence-electron chi connectivity index (χ3n) is 6.27. The van der Waals surface area contributed by atoms with Crippen LogP contribution < -0.4 is 9.64 Å². The summed E-state index contributed by atoms with van der Waals surface area (Å²) in [6, 6.07) is 19.4. The van der Waals surface area contributed by atoms with Crippen molar-refractivity contribution in [2.45, 2.75) is 39.8 Å². The van der Waals surface area contributed by atoms with Crippen LogP contribution >= 0.6 is 0 Å². The molecule has 1 aliphatic rings. The van der Waals surface area contributed by atoms with Gasteiger partial charge in [0.25, 0.3) is 5.78 Å². The van der Waals surface area contributed by atoms with Gasteiger partial charge in [0.1, 0.15) is 11.5 Å². The number of benzene rings is 3. The minimum absolute atomic E-state index is 0.00123. The first-order valence-corrected chi connectivity index (χ1v) is 11.8. The van der Waals surface area contributed by atoms with Crippen molar-refractivity contribution in [2.75, 3.05) is 4.90 Å². The van der Waals surface area contributed by atoms with Gasteiger partial charge < -0.3 is 14.8 Å². The number of para-hydroxylation sites is 2. The minimum Gasteiger partial charge on any atom is -0.507 e. The number of aliphatic hydroxyl groups is 1. The number of ketones is 1. The van der Waals surface area contributed by atoms with Crippen LogP contribution in [0.3, 0.4) is 0 Å². The average Bonchev–Trinajstić information content (AvgIpc) is 3.39. The van der Waals surface area contributed by atoms with Crippen LogP contribution in [-0.2, 0) is 9.59 Å². The van der Waals surface area contributed by atoms with E-state index in [1.54, 1.807) is 24.3 Å². The van der Waals surface area contributed by atoms with Crippen LogP contribution in [-0.4, -0.2) is 32.9 Å². The first kappa shape index (κ1) is 23.4. The van der Waals surface area contributed by atoms with Gasteiger partial charge in [-0.15, -0.1) is 0 Å². The number of fused-ring (bicyclic) bond motifs is 1. The average molecular weight is 482 g/mol. The standard InChI is InChI=1S/C29H27N3O4/c1-16(2)36-20-13-11-19(12-14-20)25-24(26(33)21-15-17(3)9-10-18(21)4)27(34)28(35)32(25)29-30-22-7-5-6-8-23(22)31-29/h5-16,25,33H,1-4H3,(H,30,31)/b26-24+. The van der Waals surface area contributed by atoms with E-state index in [9.17, 15) is 14.7 Å². The van der Waals surface area contributed by atoms with E-state index in [0.29, 0.717) is 22.4 Å². The van der Waals surface area contributed by atoms with Gasteiger partial charge in [-0.2, -0.15) is 0 Å². The number of ether oxygens (including phenoxy) is 1. The van der Waals surface area contributed by atoms with E-state index in [2.05, 4.69) is 9.97 Å². The Morgan fingerprint density at radius 2 is 1.75 bits per heavy atom. The number of anilines is 1. The molecule has 1 saturated heterocycles.